The summed E-state index contributed by atoms with van der Waals surface area (Å²) in [6, 6.07) is 28.5. The smallest absolute Gasteiger partial charge is 0.543 e. The van der Waals surface area contributed by atoms with Crippen LogP contribution in [0.4, 0.5) is 5.13 Å². The molecule has 0 radical (unpaired) electrons. The molecule has 1 heterocycles. The quantitative estimate of drug-likeness (QED) is 0.187. The SMILES string of the molecule is Nc1nc(/C(=N/OC(c2ccccc2)(c2ccccc2)c2ccccc2)C(=O)[O-])cs1.[Na+]. The van der Waals surface area contributed by atoms with Gasteiger partial charge in [0, 0.05) is 22.1 Å². The molecule has 154 valence electrons. The second kappa shape index (κ2) is 10.6. The van der Waals surface area contributed by atoms with E-state index in [2.05, 4.69) is 10.1 Å². The van der Waals surface area contributed by atoms with Crippen LogP contribution in [0.2, 0.25) is 0 Å². The summed E-state index contributed by atoms with van der Waals surface area (Å²) in [7, 11) is 0. The first kappa shape index (κ1) is 23.7. The molecule has 3 aromatic carbocycles. The third-order valence-electron chi connectivity index (χ3n) is 4.77. The zero-order chi connectivity index (χ0) is 21.7. The molecule has 0 aliphatic rings. The molecule has 32 heavy (non-hydrogen) atoms. The molecule has 2 N–H and O–H groups in total. The van der Waals surface area contributed by atoms with Crippen molar-refractivity contribution in [2.45, 2.75) is 5.60 Å². The number of hydrogen-bond donors (Lipinski definition) is 1. The number of carbonyl (C=O) groups is 1. The predicted octanol–water partition coefficient (Wildman–Crippen LogP) is 0.192. The van der Waals surface area contributed by atoms with E-state index >= 15 is 0 Å². The van der Waals surface area contributed by atoms with Gasteiger partial charge in [0.1, 0.15) is 5.69 Å². The van der Waals surface area contributed by atoms with Crippen LogP contribution in [-0.4, -0.2) is 16.7 Å². The first-order valence-electron chi connectivity index (χ1n) is 9.46. The van der Waals surface area contributed by atoms with Gasteiger partial charge in [-0.1, -0.05) is 96.2 Å². The Bertz CT molecular complexity index is 1100. The normalized spacial score (nSPS) is 11.4. The number of aromatic nitrogens is 1. The summed E-state index contributed by atoms with van der Waals surface area (Å²) in [4.78, 5) is 22.0. The molecule has 1 aromatic heterocycles. The molecule has 0 aliphatic carbocycles. The van der Waals surface area contributed by atoms with E-state index < -0.39 is 17.3 Å². The average Bonchev–Trinajstić information content (AvgIpc) is 3.24. The van der Waals surface area contributed by atoms with E-state index in [1.165, 1.54) is 5.38 Å². The van der Waals surface area contributed by atoms with Gasteiger partial charge in [0.25, 0.3) is 0 Å². The second-order valence-electron chi connectivity index (χ2n) is 6.67. The minimum atomic E-state index is -1.51. The first-order valence-corrected chi connectivity index (χ1v) is 10.3. The molecule has 4 rings (SSSR count). The maximum Gasteiger partial charge on any atom is 1.00 e. The van der Waals surface area contributed by atoms with Crippen LogP contribution in [0.25, 0.3) is 0 Å². The summed E-state index contributed by atoms with van der Waals surface area (Å²) in [5, 5.41) is 17.6. The van der Waals surface area contributed by atoms with Gasteiger partial charge >= 0.3 is 29.6 Å². The van der Waals surface area contributed by atoms with Crippen molar-refractivity contribution in [2.24, 2.45) is 5.16 Å². The van der Waals surface area contributed by atoms with Gasteiger partial charge in [-0.2, -0.15) is 0 Å². The van der Waals surface area contributed by atoms with E-state index in [4.69, 9.17) is 10.6 Å². The van der Waals surface area contributed by atoms with Gasteiger partial charge < -0.3 is 20.5 Å². The second-order valence-corrected chi connectivity index (χ2v) is 7.56. The van der Waals surface area contributed by atoms with E-state index in [1.807, 2.05) is 91.0 Å². The van der Waals surface area contributed by atoms with E-state index in [-0.39, 0.29) is 40.4 Å². The van der Waals surface area contributed by atoms with Crippen LogP contribution >= 0.6 is 11.3 Å². The molecule has 8 heteroatoms. The van der Waals surface area contributed by atoms with E-state index in [0.29, 0.717) is 0 Å². The summed E-state index contributed by atoms with van der Waals surface area (Å²) in [6.07, 6.45) is 0. The Labute approximate surface area is 211 Å². The van der Waals surface area contributed by atoms with Gasteiger partial charge in [0.2, 0.25) is 5.60 Å². The van der Waals surface area contributed by atoms with Crippen molar-refractivity contribution in [3.05, 3.63) is 119 Å². The van der Waals surface area contributed by atoms with Crippen LogP contribution in [0.1, 0.15) is 22.4 Å². The first-order chi connectivity index (χ1) is 15.1. The fourth-order valence-corrected chi connectivity index (χ4v) is 3.92. The molecule has 0 saturated heterocycles. The Morgan fingerprint density at radius 1 is 0.875 bits per heavy atom. The zero-order valence-electron chi connectivity index (χ0n) is 17.3. The molecular formula is C24H18N3NaO3S. The molecule has 4 aromatic rings. The summed E-state index contributed by atoms with van der Waals surface area (Å²) in [5.41, 5.74) is 6.48. The minimum Gasteiger partial charge on any atom is -0.543 e. The van der Waals surface area contributed by atoms with Gasteiger partial charge in [0.05, 0.1) is 5.97 Å². The molecule has 0 saturated carbocycles. The third-order valence-corrected chi connectivity index (χ3v) is 5.45. The monoisotopic (exact) mass is 451 g/mol. The number of carboxylic acid groups (broad SMARTS) is 1. The maximum absolute atomic E-state index is 11.8. The Balaban J connectivity index is 0.00000289. The summed E-state index contributed by atoms with van der Waals surface area (Å²) in [5.74, 6) is -1.51. The van der Waals surface area contributed by atoms with Crippen molar-refractivity contribution in [1.29, 1.82) is 0 Å². The molecule has 0 amide bonds. The van der Waals surface area contributed by atoms with E-state index in [9.17, 15) is 9.90 Å². The van der Waals surface area contributed by atoms with Gasteiger partial charge in [-0.3, -0.25) is 0 Å². The molecule has 0 aliphatic heterocycles. The van der Waals surface area contributed by atoms with Crippen LogP contribution in [0.3, 0.4) is 0 Å². The molecule has 0 fully saturated rings. The topological polar surface area (TPSA) is 101 Å². The third kappa shape index (κ3) is 4.76. The van der Waals surface area contributed by atoms with Gasteiger partial charge in [0.15, 0.2) is 10.8 Å². The molecule has 0 atom stereocenters. The number of benzene rings is 3. The summed E-state index contributed by atoms with van der Waals surface area (Å²) < 4.78 is 0. The van der Waals surface area contributed by atoms with Gasteiger partial charge in [-0.25, -0.2) is 4.98 Å². The number of nitrogens with zero attached hydrogens (tertiary/aromatic N) is 2. The standard InChI is InChI=1S/C24H19N3O3S.Na/c25-23-26-20(16-31-23)21(22(28)29)27-30-24(17-10-4-1-5-11-17,18-12-6-2-7-13-18)19-14-8-3-9-15-19;/h1-16H,(H2,25,26)(H,28,29);/q;+1/p-1/b27-21-;. The maximum atomic E-state index is 11.8. The van der Waals surface area contributed by atoms with Crippen molar-refractivity contribution >= 4 is 28.1 Å². The fraction of sp³-hybridized carbons (Fsp3) is 0.0417. The number of carbonyl (C=O) groups excluding carboxylic acids is 1. The van der Waals surface area contributed by atoms with Gasteiger partial charge in [-0.05, 0) is 0 Å². The predicted molar refractivity (Wildman–Crippen MR) is 118 cm³/mol. The number of carboxylic acids is 1. The Morgan fingerprint density at radius 3 is 1.66 bits per heavy atom. The molecule has 0 bridgehead atoms. The molecule has 6 nitrogen and oxygen atoms in total. The van der Waals surface area contributed by atoms with Crippen molar-refractivity contribution in [3.8, 4) is 0 Å². The van der Waals surface area contributed by atoms with Crippen molar-refractivity contribution in [3.63, 3.8) is 0 Å². The number of nitrogen functional groups attached to an aromatic ring is 1. The largest absolute Gasteiger partial charge is 1.00 e. The number of nitrogens with two attached hydrogens (primary N) is 1. The van der Waals surface area contributed by atoms with Crippen molar-refractivity contribution in [1.82, 2.24) is 4.98 Å². The Kier molecular flexibility index (Phi) is 7.82. The van der Waals surface area contributed by atoms with E-state index in [0.717, 1.165) is 28.0 Å². The number of anilines is 1. The average molecular weight is 451 g/mol. The number of rotatable bonds is 7. The Hall–Kier alpha value is -2.97. The number of thiazole rings is 1. The molecule has 0 spiro atoms. The van der Waals surface area contributed by atoms with Gasteiger partial charge in [-0.15, -0.1) is 11.3 Å². The van der Waals surface area contributed by atoms with Crippen molar-refractivity contribution in [2.75, 3.05) is 5.73 Å². The fourth-order valence-electron chi connectivity index (χ4n) is 3.38. The molecular weight excluding hydrogens is 433 g/mol. The number of hydrogen-bond acceptors (Lipinski definition) is 7. The van der Waals surface area contributed by atoms with Crippen LogP contribution in [-0.2, 0) is 15.2 Å². The van der Waals surface area contributed by atoms with Crippen LogP contribution < -0.4 is 40.4 Å². The zero-order valence-corrected chi connectivity index (χ0v) is 20.2. The van der Waals surface area contributed by atoms with Crippen molar-refractivity contribution < 1.29 is 44.3 Å². The summed E-state index contributed by atoms with van der Waals surface area (Å²) >= 11 is 1.11. The molecule has 0 unspecified atom stereocenters. The summed E-state index contributed by atoms with van der Waals surface area (Å²) in [6.45, 7) is 0. The number of aliphatic carboxylic acids is 1. The van der Waals surface area contributed by atoms with Crippen LogP contribution in [0.15, 0.2) is 102 Å². The van der Waals surface area contributed by atoms with Crippen LogP contribution in [0.5, 0.6) is 0 Å². The minimum absolute atomic E-state index is 0. The Morgan fingerprint density at radius 2 is 1.31 bits per heavy atom. The van der Waals surface area contributed by atoms with E-state index in [1.54, 1.807) is 0 Å². The number of oxime groups is 1. The van der Waals surface area contributed by atoms with Crippen LogP contribution in [0, 0.1) is 0 Å².